The van der Waals surface area contributed by atoms with Gasteiger partial charge in [0, 0.05) is 25.2 Å². The summed E-state index contributed by atoms with van der Waals surface area (Å²) in [5.41, 5.74) is 3.08. The van der Waals surface area contributed by atoms with Crippen LogP contribution in [0.1, 0.15) is 18.9 Å². The van der Waals surface area contributed by atoms with E-state index in [1.807, 2.05) is 36.1 Å². The van der Waals surface area contributed by atoms with Gasteiger partial charge in [0.15, 0.2) is 0 Å². The van der Waals surface area contributed by atoms with Crippen LogP contribution < -0.4 is 21.3 Å². The van der Waals surface area contributed by atoms with Crippen LogP contribution in [-0.4, -0.2) is 42.5 Å². The molecule has 1 fully saturated rings. The van der Waals surface area contributed by atoms with Crippen molar-refractivity contribution in [3.05, 3.63) is 29.8 Å². The lowest BCUT2D eigenvalue weighted by Gasteiger charge is -2.34. The molecule has 1 atom stereocenters. The van der Waals surface area contributed by atoms with Crippen LogP contribution in [0.3, 0.4) is 0 Å². The van der Waals surface area contributed by atoms with E-state index in [1.54, 1.807) is 0 Å². The Bertz CT molecular complexity index is 535. The molecule has 4 N–H and O–H groups in total. The number of benzene rings is 1. The van der Waals surface area contributed by atoms with E-state index in [9.17, 15) is 9.59 Å². The fraction of sp³-hybridized carbons (Fsp3) is 0.467. The number of carbonyl (C=O) groups excluding carboxylic acids is 2. The number of para-hydroxylation sites is 1. The number of nitrogens with zero attached hydrogens (tertiary/aromatic N) is 1. The number of hydrazine groups is 1. The lowest BCUT2D eigenvalue weighted by atomic mass is 10.1. The van der Waals surface area contributed by atoms with E-state index in [0.29, 0.717) is 26.2 Å². The molecule has 1 heterocycles. The zero-order valence-corrected chi connectivity index (χ0v) is 12.7. The van der Waals surface area contributed by atoms with E-state index in [1.165, 1.54) is 0 Å². The van der Waals surface area contributed by atoms with Crippen LogP contribution in [0, 0.1) is 0 Å². The lowest BCUT2D eigenvalue weighted by Crippen LogP contribution is -2.56. The third-order valence-corrected chi connectivity index (χ3v) is 3.63. The molecule has 1 aromatic carbocycles. The first kappa shape index (κ1) is 16.3. The monoisotopic (exact) mass is 306 g/mol. The number of nitrogens with one attached hydrogen (secondary N) is 2. The Morgan fingerprint density at radius 2 is 2.27 bits per heavy atom. The summed E-state index contributed by atoms with van der Waals surface area (Å²) in [5.74, 6) is 5.42. The van der Waals surface area contributed by atoms with Crippen molar-refractivity contribution < 1.29 is 14.3 Å². The van der Waals surface area contributed by atoms with Gasteiger partial charge in [-0.1, -0.05) is 18.2 Å². The van der Waals surface area contributed by atoms with Crippen molar-refractivity contribution in [2.45, 2.75) is 25.9 Å². The fourth-order valence-corrected chi connectivity index (χ4v) is 2.56. The van der Waals surface area contributed by atoms with Gasteiger partial charge < -0.3 is 10.1 Å². The maximum absolute atomic E-state index is 12.1. The molecule has 120 valence electrons. The average Bonchev–Trinajstić information content (AvgIpc) is 2.52. The molecule has 0 saturated carbocycles. The van der Waals surface area contributed by atoms with Crippen molar-refractivity contribution in [1.29, 1.82) is 0 Å². The van der Waals surface area contributed by atoms with Crippen LogP contribution in [0.15, 0.2) is 24.3 Å². The van der Waals surface area contributed by atoms with Crippen molar-refractivity contribution >= 4 is 11.8 Å². The summed E-state index contributed by atoms with van der Waals surface area (Å²) in [6, 6.07) is 7.20. The van der Waals surface area contributed by atoms with Gasteiger partial charge in [-0.05, 0) is 13.0 Å². The molecular weight excluding hydrogens is 284 g/mol. The van der Waals surface area contributed by atoms with Gasteiger partial charge in [-0.2, -0.15) is 0 Å². The molecule has 0 bridgehead atoms. The zero-order valence-electron chi connectivity index (χ0n) is 12.7. The normalized spacial score (nSPS) is 18.6. The highest BCUT2D eigenvalue weighted by Crippen LogP contribution is 2.22. The molecule has 0 spiro atoms. The lowest BCUT2D eigenvalue weighted by molar-refractivity contribution is -0.134. The van der Waals surface area contributed by atoms with Gasteiger partial charge in [0.1, 0.15) is 5.75 Å². The summed E-state index contributed by atoms with van der Waals surface area (Å²) < 4.78 is 5.62. The second-order valence-electron chi connectivity index (χ2n) is 5.09. The van der Waals surface area contributed by atoms with Crippen LogP contribution in [-0.2, 0) is 16.1 Å². The van der Waals surface area contributed by atoms with Crippen LogP contribution >= 0.6 is 0 Å². The van der Waals surface area contributed by atoms with Crippen molar-refractivity contribution in [1.82, 2.24) is 15.6 Å². The summed E-state index contributed by atoms with van der Waals surface area (Å²) in [7, 11) is 0. The Labute approximate surface area is 129 Å². The molecule has 22 heavy (non-hydrogen) atoms. The zero-order chi connectivity index (χ0) is 15.9. The van der Waals surface area contributed by atoms with Gasteiger partial charge in [0.25, 0.3) is 0 Å². The molecule has 7 heteroatoms. The minimum absolute atomic E-state index is 0.0408. The topological polar surface area (TPSA) is 96.7 Å². The van der Waals surface area contributed by atoms with Crippen LogP contribution in [0.2, 0.25) is 0 Å². The number of hydrogen-bond acceptors (Lipinski definition) is 5. The number of carbonyl (C=O) groups is 2. The molecule has 1 unspecified atom stereocenters. The summed E-state index contributed by atoms with van der Waals surface area (Å²) in [5, 5.41) is 2.78. The van der Waals surface area contributed by atoms with Gasteiger partial charge in [0.2, 0.25) is 11.8 Å². The molecule has 1 saturated heterocycles. The predicted molar refractivity (Wildman–Crippen MR) is 81.8 cm³/mol. The van der Waals surface area contributed by atoms with Gasteiger partial charge in [-0.3, -0.25) is 19.9 Å². The quantitative estimate of drug-likeness (QED) is 0.383. The van der Waals surface area contributed by atoms with Crippen molar-refractivity contribution in [3.8, 4) is 5.75 Å². The highest BCUT2D eigenvalue weighted by Gasteiger charge is 2.31. The second-order valence-corrected chi connectivity index (χ2v) is 5.09. The van der Waals surface area contributed by atoms with Crippen LogP contribution in [0.25, 0.3) is 0 Å². The summed E-state index contributed by atoms with van der Waals surface area (Å²) in [6.07, 6.45) is 0.0408. The van der Waals surface area contributed by atoms with Crippen molar-refractivity contribution in [2.75, 3.05) is 19.7 Å². The summed E-state index contributed by atoms with van der Waals surface area (Å²) in [6.45, 7) is 4.30. The van der Waals surface area contributed by atoms with Crippen LogP contribution in [0.4, 0.5) is 0 Å². The SMILES string of the molecule is CCOc1ccccc1CN1CCNC(=O)C1CC(=O)NN. The van der Waals surface area contributed by atoms with E-state index in [0.717, 1.165) is 11.3 Å². The fourth-order valence-electron chi connectivity index (χ4n) is 2.56. The number of amides is 2. The van der Waals surface area contributed by atoms with Crippen LogP contribution in [0.5, 0.6) is 5.75 Å². The molecule has 2 amide bonds. The van der Waals surface area contributed by atoms with Gasteiger partial charge >= 0.3 is 0 Å². The first-order valence-corrected chi connectivity index (χ1v) is 7.37. The Morgan fingerprint density at radius 1 is 1.50 bits per heavy atom. The third-order valence-electron chi connectivity index (χ3n) is 3.63. The molecule has 7 nitrogen and oxygen atoms in total. The molecular formula is C15H22N4O3. The van der Waals surface area contributed by atoms with Gasteiger partial charge in [-0.15, -0.1) is 0 Å². The van der Waals surface area contributed by atoms with Crippen molar-refractivity contribution in [2.24, 2.45) is 5.84 Å². The molecule has 0 radical (unpaired) electrons. The van der Waals surface area contributed by atoms with E-state index in [2.05, 4.69) is 10.7 Å². The smallest absolute Gasteiger partial charge is 0.237 e. The van der Waals surface area contributed by atoms with E-state index in [4.69, 9.17) is 10.6 Å². The van der Waals surface area contributed by atoms with E-state index in [-0.39, 0.29) is 18.2 Å². The molecule has 1 aromatic rings. The number of hydrogen-bond donors (Lipinski definition) is 3. The Hall–Kier alpha value is -2.12. The first-order chi connectivity index (χ1) is 10.7. The largest absolute Gasteiger partial charge is 0.494 e. The second kappa shape index (κ2) is 7.77. The number of ether oxygens (including phenoxy) is 1. The van der Waals surface area contributed by atoms with Gasteiger partial charge in [-0.25, -0.2) is 5.84 Å². The molecule has 2 rings (SSSR count). The maximum Gasteiger partial charge on any atom is 0.237 e. The third kappa shape index (κ3) is 3.96. The number of nitrogens with two attached hydrogens (primary N) is 1. The maximum atomic E-state index is 12.1. The van der Waals surface area contributed by atoms with Crippen molar-refractivity contribution in [3.63, 3.8) is 0 Å². The predicted octanol–water partition coefficient (Wildman–Crippen LogP) is -0.234. The van der Waals surface area contributed by atoms with E-state index >= 15 is 0 Å². The number of piperazine rings is 1. The Morgan fingerprint density at radius 3 is 3.00 bits per heavy atom. The molecule has 0 aliphatic carbocycles. The summed E-state index contributed by atoms with van der Waals surface area (Å²) >= 11 is 0. The minimum atomic E-state index is -0.521. The molecule has 0 aromatic heterocycles. The highest BCUT2D eigenvalue weighted by molar-refractivity contribution is 5.88. The Kier molecular flexibility index (Phi) is 5.74. The van der Waals surface area contributed by atoms with E-state index < -0.39 is 6.04 Å². The minimum Gasteiger partial charge on any atom is -0.494 e. The number of rotatable bonds is 6. The molecule has 1 aliphatic heterocycles. The Balaban J connectivity index is 2.14. The highest BCUT2D eigenvalue weighted by atomic mass is 16.5. The van der Waals surface area contributed by atoms with Gasteiger partial charge in [0.05, 0.1) is 19.1 Å². The molecule has 1 aliphatic rings. The standard InChI is InChI=1S/C15H22N4O3/c1-2-22-13-6-4-3-5-11(13)10-19-8-7-17-15(21)12(19)9-14(20)18-16/h3-6,12H,2,7-10,16H2,1H3,(H,17,21)(H,18,20). The first-order valence-electron chi connectivity index (χ1n) is 7.37. The average molecular weight is 306 g/mol. The summed E-state index contributed by atoms with van der Waals surface area (Å²) in [4.78, 5) is 25.6.